The van der Waals surface area contributed by atoms with Gasteiger partial charge in [-0.1, -0.05) is 60.7 Å². The highest BCUT2D eigenvalue weighted by atomic mass is 19.4. The molecule has 180 valence electrons. The van der Waals surface area contributed by atoms with Crippen LogP contribution in [0.3, 0.4) is 0 Å². The van der Waals surface area contributed by atoms with Crippen molar-refractivity contribution in [2.24, 2.45) is 5.73 Å². The zero-order chi connectivity index (χ0) is 25.1. The summed E-state index contributed by atoms with van der Waals surface area (Å²) in [5, 5.41) is 9.34. The van der Waals surface area contributed by atoms with Crippen LogP contribution in [-0.4, -0.2) is 21.7 Å². The van der Waals surface area contributed by atoms with Crippen molar-refractivity contribution in [3.63, 3.8) is 0 Å². The Balaban J connectivity index is 1.54. The number of nitrogens with zero attached hydrogens (tertiary/aromatic N) is 2. The van der Waals surface area contributed by atoms with Gasteiger partial charge in [-0.3, -0.25) is 0 Å². The molecule has 3 N–H and O–H groups in total. The van der Waals surface area contributed by atoms with E-state index < -0.39 is 17.3 Å². The maximum atomic E-state index is 13.8. The standard InChI is InChI=1S/C27H24F3N3O2/c1-26(31,17-34)25-32-14-22(15-33-25)21-11-12-24(23(13-21)27(28,29)30)35-16-18-7-9-20(10-8-18)19-5-3-2-4-6-19/h2-15,34H,16-17,31H2,1H3/t26-/m0/s1. The fourth-order valence-electron chi connectivity index (χ4n) is 3.48. The van der Waals surface area contributed by atoms with Crippen LogP contribution in [0.2, 0.25) is 0 Å². The van der Waals surface area contributed by atoms with E-state index in [9.17, 15) is 18.3 Å². The third-order valence-electron chi connectivity index (χ3n) is 5.56. The second-order valence-electron chi connectivity index (χ2n) is 8.43. The highest BCUT2D eigenvalue weighted by Gasteiger charge is 2.35. The molecule has 8 heteroatoms. The van der Waals surface area contributed by atoms with Crippen molar-refractivity contribution < 1.29 is 23.0 Å². The molecule has 0 unspecified atom stereocenters. The quantitative estimate of drug-likeness (QED) is 0.362. The molecule has 0 saturated heterocycles. The van der Waals surface area contributed by atoms with E-state index in [0.29, 0.717) is 5.56 Å². The molecular formula is C27H24F3N3O2. The summed E-state index contributed by atoms with van der Waals surface area (Å²) in [6.45, 7) is 1.18. The number of aliphatic hydroxyl groups is 1. The van der Waals surface area contributed by atoms with Crippen LogP contribution in [0.4, 0.5) is 13.2 Å². The molecule has 4 aromatic rings. The molecule has 1 aromatic heterocycles. The zero-order valence-electron chi connectivity index (χ0n) is 19.0. The summed E-state index contributed by atoms with van der Waals surface area (Å²) in [4.78, 5) is 8.22. The number of nitrogens with two attached hydrogens (primary N) is 1. The van der Waals surface area contributed by atoms with Gasteiger partial charge in [0, 0.05) is 18.0 Å². The van der Waals surface area contributed by atoms with E-state index in [-0.39, 0.29) is 30.4 Å². The monoisotopic (exact) mass is 479 g/mol. The van der Waals surface area contributed by atoms with Crippen molar-refractivity contribution in [1.29, 1.82) is 0 Å². The molecule has 0 fully saturated rings. The molecule has 0 saturated carbocycles. The average molecular weight is 480 g/mol. The van der Waals surface area contributed by atoms with Gasteiger partial charge in [0.25, 0.3) is 0 Å². The third-order valence-corrected chi connectivity index (χ3v) is 5.56. The van der Waals surface area contributed by atoms with Gasteiger partial charge in [-0.15, -0.1) is 0 Å². The molecule has 0 amide bonds. The number of benzene rings is 3. The van der Waals surface area contributed by atoms with E-state index in [1.807, 2.05) is 54.6 Å². The van der Waals surface area contributed by atoms with Gasteiger partial charge in [0.15, 0.2) is 0 Å². The van der Waals surface area contributed by atoms with Crippen molar-refractivity contribution in [3.05, 3.63) is 102 Å². The predicted molar refractivity (Wildman–Crippen MR) is 127 cm³/mol. The summed E-state index contributed by atoms with van der Waals surface area (Å²) in [5.74, 6) is -0.0706. The number of hydrogen-bond acceptors (Lipinski definition) is 5. The number of ether oxygens (including phenoxy) is 1. The summed E-state index contributed by atoms with van der Waals surface area (Å²) >= 11 is 0. The van der Waals surface area contributed by atoms with E-state index in [4.69, 9.17) is 10.5 Å². The SMILES string of the molecule is C[C@](N)(CO)c1ncc(-c2ccc(OCc3ccc(-c4ccccc4)cc3)c(C(F)(F)F)c2)cn1. The summed E-state index contributed by atoms with van der Waals surface area (Å²) in [5.41, 5.74) is 7.35. The van der Waals surface area contributed by atoms with E-state index in [2.05, 4.69) is 9.97 Å². The molecule has 1 atom stereocenters. The van der Waals surface area contributed by atoms with Crippen molar-refractivity contribution in [1.82, 2.24) is 9.97 Å². The summed E-state index contributed by atoms with van der Waals surface area (Å²) in [7, 11) is 0. The molecule has 1 heterocycles. The van der Waals surface area contributed by atoms with Crippen molar-refractivity contribution in [2.45, 2.75) is 25.2 Å². The first-order valence-electron chi connectivity index (χ1n) is 10.9. The van der Waals surface area contributed by atoms with E-state index in [0.717, 1.165) is 22.8 Å². The Morgan fingerprint density at radius 1 is 0.829 bits per heavy atom. The molecule has 0 aliphatic rings. The van der Waals surface area contributed by atoms with Crippen LogP contribution in [0.5, 0.6) is 5.75 Å². The molecule has 5 nitrogen and oxygen atoms in total. The van der Waals surface area contributed by atoms with Crippen LogP contribution in [0.1, 0.15) is 23.9 Å². The van der Waals surface area contributed by atoms with Gasteiger partial charge < -0.3 is 15.6 Å². The van der Waals surface area contributed by atoms with E-state index in [1.54, 1.807) is 6.92 Å². The number of alkyl halides is 3. The Kier molecular flexibility index (Phi) is 6.86. The molecule has 0 aliphatic heterocycles. The zero-order valence-corrected chi connectivity index (χ0v) is 19.0. The topological polar surface area (TPSA) is 81.3 Å². The minimum atomic E-state index is -4.62. The number of aliphatic hydroxyl groups excluding tert-OH is 1. The van der Waals surface area contributed by atoms with Gasteiger partial charge >= 0.3 is 6.18 Å². The minimum absolute atomic E-state index is 0.00839. The van der Waals surface area contributed by atoms with E-state index in [1.165, 1.54) is 24.5 Å². The van der Waals surface area contributed by atoms with Crippen LogP contribution in [0.25, 0.3) is 22.3 Å². The van der Waals surface area contributed by atoms with Gasteiger partial charge in [0.2, 0.25) is 0 Å². The highest BCUT2D eigenvalue weighted by Crippen LogP contribution is 2.39. The smallest absolute Gasteiger partial charge is 0.419 e. The lowest BCUT2D eigenvalue weighted by atomic mass is 10.0. The average Bonchev–Trinajstić information content (AvgIpc) is 2.88. The fraction of sp³-hybridized carbons (Fsp3) is 0.185. The third kappa shape index (κ3) is 5.67. The van der Waals surface area contributed by atoms with Gasteiger partial charge in [-0.2, -0.15) is 13.2 Å². The highest BCUT2D eigenvalue weighted by molar-refractivity contribution is 5.65. The van der Waals surface area contributed by atoms with Crippen LogP contribution in [0, 0.1) is 0 Å². The molecule has 4 rings (SSSR count). The first-order chi connectivity index (χ1) is 16.7. The van der Waals surface area contributed by atoms with Gasteiger partial charge in [-0.25, -0.2) is 9.97 Å². The number of rotatable bonds is 7. The first kappa shape index (κ1) is 24.4. The predicted octanol–water partition coefficient (Wildman–Crippen LogP) is 5.57. The van der Waals surface area contributed by atoms with Crippen LogP contribution in [-0.2, 0) is 18.3 Å². The van der Waals surface area contributed by atoms with Crippen LogP contribution >= 0.6 is 0 Å². The molecule has 0 bridgehead atoms. The van der Waals surface area contributed by atoms with Gasteiger partial charge in [0.1, 0.15) is 18.2 Å². The molecule has 0 radical (unpaired) electrons. The molecule has 0 aliphatic carbocycles. The van der Waals surface area contributed by atoms with Crippen LogP contribution in [0.15, 0.2) is 85.2 Å². The Morgan fingerprint density at radius 3 is 2.03 bits per heavy atom. The summed E-state index contributed by atoms with van der Waals surface area (Å²) in [6, 6.07) is 21.1. The Bertz CT molecular complexity index is 1270. The second-order valence-corrected chi connectivity index (χ2v) is 8.43. The lowest BCUT2D eigenvalue weighted by Gasteiger charge is -2.19. The fourth-order valence-corrected chi connectivity index (χ4v) is 3.48. The number of aromatic nitrogens is 2. The minimum Gasteiger partial charge on any atom is -0.488 e. The Morgan fingerprint density at radius 2 is 1.43 bits per heavy atom. The van der Waals surface area contributed by atoms with Crippen LogP contribution < -0.4 is 10.5 Å². The van der Waals surface area contributed by atoms with Gasteiger partial charge in [-0.05, 0) is 41.3 Å². The normalized spacial score (nSPS) is 13.3. The lowest BCUT2D eigenvalue weighted by Crippen LogP contribution is -2.38. The maximum Gasteiger partial charge on any atom is 0.419 e. The lowest BCUT2D eigenvalue weighted by molar-refractivity contribution is -0.139. The molecular weight excluding hydrogens is 455 g/mol. The first-order valence-corrected chi connectivity index (χ1v) is 10.9. The molecule has 3 aromatic carbocycles. The van der Waals surface area contributed by atoms with Crippen molar-refractivity contribution in [2.75, 3.05) is 6.61 Å². The van der Waals surface area contributed by atoms with Crippen molar-refractivity contribution in [3.8, 4) is 28.0 Å². The second kappa shape index (κ2) is 9.85. The molecule has 0 spiro atoms. The van der Waals surface area contributed by atoms with E-state index >= 15 is 0 Å². The van der Waals surface area contributed by atoms with Gasteiger partial charge in [0.05, 0.1) is 17.7 Å². The number of hydrogen-bond donors (Lipinski definition) is 2. The number of halogens is 3. The Labute approximate surface area is 201 Å². The summed E-state index contributed by atoms with van der Waals surface area (Å²) < 4.78 is 47.0. The van der Waals surface area contributed by atoms with Crippen molar-refractivity contribution >= 4 is 0 Å². The largest absolute Gasteiger partial charge is 0.488 e. The maximum absolute atomic E-state index is 13.8. The Hall–Kier alpha value is -3.75. The summed E-state index contributed by atoms with van der Waals surface area (Å²) in [6.07, 6.45) is -1.85. The molecule has 35 heavy (non-hydrogen) atoms.